The zero-order chi connectivity index (χ0) is 15.5. The lowest BCUT2D eigenvalue weighted by Gasteiger charge is -2.04. The number of hydrogen-bond acceptors (Lipinski definition) is 4. The third kappa shape index (κ3) is 2.69. The van der Waals surface area contributed by atoms with Gasteiger partial charge in [0.15, 0.2) is 0 Å². The zero-order valence-electron chi connectivity index (χ0n) is 11.9. The number of carbonyl (C=O) groups excluding carboxylic acids is 1. The Morgan fingerprint density at radius 1 is 1.14 bits per heavy atom. The molecule has 0 saturated heterocycles. The van der Waals surface area contributed by atoms with Gasteiger partial charge in [-0.25, -0.2) is 4.99 Å². The average molecular weight is 294 g/mol. The van der Waals surface area contributed by atoms with Crippen LogP contribution >= 0.6 is 0 Å². The minimum absolute atomic E-state index is 0.191. The topological polar surface area (TPSA) is 77.8 Å². The minimum atomic E-state index is -0.594. The van der Waals surface area contributed by atoms with Crippen LogP contribution in [-0.4, -0.2) is 13.0 Å². The minimum Gasteiger partial charge on any atom is -0.497 e. The molecule has 0 radical (unpaired) electrons. The van der Waals surface area contributed by atoms with Gasteiger partial charge in [0.05, 0.1) is 12.8 Å². The van der Waals surface area contributed by atoms with Gasteiger partial charge in [-0.3, -0.25) is 4.79 Å². The number of benzene rings is 2. The fraction of sp³-hybridized carbons (Fsp3) is 0.0588. The number of nitrogens with zero attached hydrogens (tertiary/aromatic N) is 1. The number of amides is 1. The number of ether oxygens (including phenoxy) is 1. The van der Waals surface area contributed by atoms with Crippen molar-refractivity contribution in [2.24, 2.45) is 10.7 Å². The van der Waals surface area contributed by atoms with E-state index in [-0.39, 0.29) is 11.1 Å². The first-order valence-corrected chi connectivity index (χ1v) is 6.69. The molecule has 110 valence electrons. The second-order valence-electron chi connectivity index (χ2n) is 4.68. The van der Waals surface area contributed by atoms with E-state index in [1.54, 1.807) is 31.4 Å². The van der Waals surface area contributed by atoms with Crippen molar-refractivity contribution < 1.29 is 13.9 Å². The molecule has 0 saturated carbocycles. The smallest absolute Gasteiger partial charge is 0.254 e. The van der Waals surface area contributed by atoms with Crippen LogP contribution in [0.25, 0.3) is 11.0 Å². The molecule has 1 heterocycles. The number of primary amides is 1. The van der Waals surface area contributed by atoms with E-state index in [4.69, 9.17) is 14.9 Å². The largest absolute Gasteiger partial charge is 0.497 e. The number of hydrogen-bond donors (Lipinski definition) is 1. The van der Waals surface area contributed by atoms with Gasteiger partial charge in [-0.2, -0.15) is 0 Å². The van der Waals surface area contributed by atoms with E-state index < -0.39 is 5.91 Å². The number of methoxy groups -OCH3 is 1. The predicted octanol–water partition coefficient (Wildman–Crippen LogP) is 2.77. The van der Waals surface area contributed by atoms with Crippen molar-refractivity contribution in [2.75, 3.05) is 7.11 Å². The monoisotopic (exact) mass is 294 g/mol. The molecule has 0 atom stereocenters. The summed E-state index contributed by atoms with van der Waals surface area (Å²) in [5.74, 6) is 0.0778. The van der Waals surface area contributed by atoms with Crippen LogP contribution in [0.1, 0.15) is 10.4 Å². The zero-order valence-corrected chi connectivity index (χ0v) is 11.9. The molecule has 22 heavy (non-hydrogen) atoms. The normalized spacial score (nSPS) is 11.6. The Hall–Kier alpha value is -3.08. The first-order chi connectivity index (χ1) is 10.7. The summed E-state index contributed by atoms with van der Waals surface area (Å²) in [6.07, 6.45) is 0. The molecule has 2 N–H and O–H groups in total. The molecule has 0 aliphatic heterocycles. The Morgan fingerprint density at radius 3 is 2.59 bits per heavy atom. The van der Waals surface area contributed by atoms with Gasteiger partial charge in [0.1, 0.15) is 16.9 Å². The summed E-state index contributed by atoms with van der Waals surface area (Å²) in [5, 5.41) is 0.722. The maximum absolute atomic E-state index is 11.7. The summed E-state index contributed by atoms with van der Waals surface area (Å²) in [5.41, 5.74) is 7.14. The van der Waals surface area contributed by atoms with E-state index >= 15 is 0 Å². The second-order valence-corrected chi connectivity index (χ2v) is 4.68. The highest BCUT2D eigenvalue weighted by molar-refractivity contribution is 5.95. The Labute approximate surface area is 126 Å². The summed E-state index contributed by atoms with van der Waals surface area (Å²) in [4.78, 5) is 16.0. The van der Waals surface area contributed by atoms with Crippen molar-refractivity contribution in [3.8, 4) is 5.75 Å². The second kappa shape index (κ2) is 5.73. The molecule has 0 spiro atoms. The average Bonchev–Trinajstić information content (AvgIpc) is 2.54. The first-order valence-electron chi connectivity index (χ1n) is 6.69. The lowest BCUT2D eigenvalue weighted by atomic mass is 10.1. The molecule has 1 aromatic heterocycles. The standard InChI is InChI=1S/C17H14N2O3/c1-21-13-7-8-15-11(9-13)10-14(16(18)20)17(22-15)19-12-5-3-2-4-6-12/h2-10H,1H3,(H2,18,20). The van der Waals surface area contributed by atoms with Crippen molar-refractivity contribution in [3.63, 3.8) is 0 Å². The molecule has 3 aromatic rings. The van der Waals surface area contributed by atoms with Gasteiger partial charge >= 0.3 is 0 Å². The molecule has 0 aliphatic rings. The molecule has 5 heteroatoms. The van der Waals surface area contributed by atoms with Crippen LogP contribution in [0.3, 0.4) is 0 Å². The van der Waals surface area contributed by atoms with Crippen molar-refractivity contribution in [3.05, 3.63) is 65.7 Å². The van der Waals surface area contributed by atoms with Crippen LogP contribution < -0.4 is 16.0 Å². The van der Waals surface area contributed by atoms with Crippen molar-refractivity contribution in [2.45, 2.75) is 0 Å². The summed E-state index contributed by atoms with van der Waals surface area (Å²) in [7, 11) is 1.58. The number of rotatable bonds is 3. The van der Waals surface area contributed by atoms with Crippen molar-refractivity contribution in [1.82, 2.24) is 0 Å². The fourth-order valence-corrected chi connectivity index (χ4v) is 2.11. The molecule has 5 nitrogen and oxygen atoms in total. The van der Waals surface area contributed by atoms with Crippen LogP contribution in [0.15, 0.2) is 64.0 Å². The molecule has 0 fully saturated rings. The van der Waals surface area contributed by atoms with Gasteiger partial charge in [-0.05, 0) is 36.4 Å². The van der Waals surface area contributed by atoms with E-state index in [0.717, 1.165) is 5.39 Å². The predicted molar refractivity (Wildman–Crippen MR) is 82.9 cm³/mol. The van der Waals surface area contributed by atoms with E-state index in [9.17, 15) is 4.79 Å². The van der Waals surface area contributed by atoms with Crippen molar-refractivity contribution >= 4 is 22.6 Å². The van der Waals surface area contributed by atoms with Crippen LogP contribution in [0, 0.1) is 0 Å². The van der Waals surface area contributed by atoms with E-state index in [1.165, 1.54) is 0 Å². The Bertz CT molecular complexity index is 899. The molecule has 2 aromatic carbocycles. The van der Waals surface area contributed by atoms with Crippen LogP contribution in [-0.2, 0) is 0 Å². The quantitative estimate of drug-likeness (QED) is 0.806. The van der Waals surface area contributed by atoms with E-state index in [1.807, 2.05) is 30.3 Å². The number of carbonyl (C=O) groups is 1. The van der Waals surface area contributed by atoms with Crippen LogP contribution in [0.2, 0.25) is 0 Å². The lowest BCUT2D eigenvalue weighted by molar-refractivity contribution is 0.0996. The van der Waals surface area contributed by atoms with Crippen LogP contribution in [0.4, 0.5) is 5.69 Å². The van der Waals surface area contributed by atoms with Crippen LogP contribution in [0.5, 0.6) is 5.75 Å². The van der Waals surface area contributed by atoms with Crippen molar-refractivity contribution in [1.29, 1.82) is 0 Å². The van der Waals surface area contributed by atoms with E-state index in [2.05, 4.69) is 4.99 Å². The maximum Gasteiger partial charge on any atom is 0.254 e. The van der Waals surface area contributed by atoms with Gasteiger partial charge in [0.25, 0.3) is 5.91 Å². The van der Waals surface area contributed by atoms with Gasteiger partial charge in [-0.15, -0.1) is 0 Å². The third-order valence-corrected chi connectivity index (χ3v) is 3.21. The van der Waals surface area contributed by atoms with Gasteiger partial charge < -0.3 is 14.9 Å². The molecular formula is C17H14N2O3. The molecule has 3 rings (SSSR count). The fourth-order valence-electron chi connectivity index (χ4n) is 2.11. The lowest BCUT2D eigenvalue weighted by Crippen LogP contribution is -2.21. The Morgan fingerprint density at radius 2 is 1.91 bits per heavy atom. The molecule has 1 amide bonds. The summed E-state index contributed by atoms with van der Waals surface area (Å²) >= 11 is 0. The highest BCUT2D eigenvalue weighted by Crippen LogP contribution is 2.20. The highest BCUT2D eigenvalue weighted by Gasteiger charge is 2.10. The summed E-state index contributed by atoms with van der Waals surface area (Å²) < 4.78 is 10.9. The number of fused-ring (bicyclic) bond motifs is 1. The van der Waals surface area contributed by atoms with E-state index in [0.29, 0.717) is 17.0 Å². The molecular weight excluding hydrogens is 280 g/mol. The number of para-hydroxylation sites is 1. The Balaban J connectivity index is 2.27. The number of nitrogens with two attached hydrogens (primary N) is 1. The molecule has 0 aliphatic carbocycles. The Kier molecular flexibility index (Phi) is 3.62. The van der Waals surface area contributed by atoms with Gasteiger partial charge in [0.2, 0.25) is 5.55 Å². The maximum atomic E-state index is 11.7. The first kappa shape index (κ1) is 13.9. The molecule has 0 unspecified atom stereocenters. The van der Waals surface area contributed by atoms with Gasteiger partial charge in [-0.1, -0.05) is 18.2 Å². The summed E-state index contributed by atoms with van der Waals surface area (Å²) in [6, 6.07) is 16.2. The highest BCUT2D eigenvalue weighted by atomic mass is 16.5. The SMILES string of the molecule is COc1ccc2oc(=Nc3ccccc3)c(C(N)=O)cc2c1. The molecule has 0 bridgehead atoms. The third-order valence-electron chi connectivity index (χ3n) is 3.21. The van der Waals surface area contributed by atoms with Gasteiger partial charge in [0, 0.05) is 5.39 Å². The summed E-state index contributed by atoms with van der Waals surface area (Å²) in [6.45, 7) is 0.